The summed E-state index contributed by atoms with van der Waals surface area (Å²) in [6.45, 7) is 0. The van der Waals surface area contributed by atoms with Gasteiger partial charge < -0.3 is 9.63 Å². The molecular weight excluding hydrogens is 234 g/mol. The summed E-state index contributed by atoms with van der Waals surface area (Å²) in [4.78, 5) is 10.7. The van der Waals surface area contributed by atoms with Crippen LogP contribution in [0.2, 0.25) is 0 Å². The van der Waals surface area contributed by atoms with Gasteiger partial charge >= 0.3 is 5.97 Å². The van der Waals surface area contributed by atoms with Crippen molar-refractivity contribution < 1.29 is 14.4 Å². The molecule has 3 aromatic rings. The summed E-state index contributed by atoms with van der Waals surface area (Å²) < 4.78 is 6.78. The summed E-state index contributed by atoms with van der Waals surface area (Å²) in [7, 11) is 1.86. The number of aromatic nitrogens is 3. The van der Waals surface area contributed by atoms with E-state index in [0.29, 0.717) is 5.76 Å². The van der Waals surface area contributed by atoms with Crippen LogP contribution in [-0.4, -0.2) is 26.0 Å². The van der Waals surface area contributed by atoms with Crippen LogP contribution in [0.4, 0.5) is 0 Å². The van der Waals surface area contributed by atoms with Crippen molar-refractivity contribution in [3.05, 3.63) is 36.2 Å². The highest BCUT2D eigenvalue weighted by Crippen LogP contribution is 2.24. The number of aryl methyl sites for hydroxylation is 1. The zero-order chi connectivity index (χ0) is 12.7. The van der Waals surface area contributed by atoms with Crippen molar-refractivity contribution in [1.82, 2.24) is 14.9 Å². The number of hydrogen-bond donors (Lipinski definition) is 1. The maximum Gasteiger partial charge on any atom is 0.358 e. The predicted molar refractivity (Wildman–Crippen MR) is 63.2 cm³/mol. The Morgan fingerprint density at radius 1 is 1.39 bits per heavy atom. The van der Waals surface area contributed by atoms with E-state index in [1.807, 2.05) is 25.2 Å². The van der Waals surface area contributed by atoms with Gasteiger partial charge in [-0.15, -0.1) is 0 Å². The van der Waals surface area contributed by atoms with Crippen LogP contribution in [0.15, 0.2) is 35.0 Å². The number of carboxylic acid groups (broad SMARTS) is 1. The Balaban J connectivity index is 2.10. The van der Waals surface area contributed by atoms with E-state index in [-0.39, 0.29) is 5.69 Å². The molecule has 6 heteroatoms. The molecule has 0 aliphatic carbocycles. The molecule has 3 rings (SSSR count). The normalized spacial score (nSPS) is 10.9. The topological polar surface area (TPSA) is 81.2 Å². The monoisotopic (exact) mass is 243 g/mol. The molecule has 0 fully saturated rings. The molecule has 18 heavy (non-hydrogen) atoms. The Kier molecular flexibility index (Phi) is 2.16. The first-order valence-corrected chi connectivity index (χ1v) is 5.27. The Hall–Kier alpha value is -2.63. The molecule has 2 aromatic heterocycles. The van der Waals surface area contributed by atoms with Crippen molar-refractivity contribution in [3.8, 4) is 11.3 Å². The number of carbonyl (C=O) groups is 1. The Labute approximate surface area is 101 Å². The van der Waals surface area contributed by atoms with Gasteiger partial charge in [0, 0.05) is 24.1 Å². The molecule has 1 aromatic carbocycles. The predicted octanol–water partition coefficient (Wildman–Crippen LogP) is 1.93. The van der Waals surface area contributed by atoms with Crippen molar-refractivity contribution in [2.75, 3.05) is 0 Å². The highest BCUT2D eigenvalue weighted by molar-refractivity contribution is 5.88. The molecule has 0 spiro atoms. The van der Waals surface area contributed by atoms with Gasteiger partial charge in [-0.3, -0.25) is 4.68 Å². The highest BCUT2D eigenvalue weighted by atomic mass is 16.5. The lowest BCUT2D eigenvalue weighted by atomic mass is 10.1. The summed E-state index contributed by atoms with van der Waals surface area (Å²) in [6.07, 6.45) is 1.74. The van der Waals surface area contributed by atoms with E-state index >= 15 is 0 Å². The third-order valence-electron chi connectivity index (χ3n) is 2.76. The highest BCUT2D eigenvalue weighted by Gasteiger charge is 2.12. The third kappa shape index (κ3) is 1.55. The van der Waals surface area contributed by atoms with Gasteiger partial charge in [-0.1, -0.05) is 5.16 Å². The van der Waals surface area contributed by atoms with Gasteiger partial charge in [0.1, 0.15) is 0 Å². The van der Waals surface area contributed by atoms with E-state index in [1.54, 1.807) is 10.9 Å². The lowest BCUT2D eigenvalue weighted by molar-refractivity contribution is 0.0686. The molecule has 1 N–H and O–H groups in total. The molecule has 0 aliphatic rings. The minimum atomic E-state index is -1.10. The third-order valence-corrected chi connectivity index (χ3v) is 2.76. The fourth-order valence-electron chi connectivity index (χ4n) is 1.83. The lowest BCUT2D eigenvalue weighted by Gasteiger charge is -1.97. The SMILES string of the molecule is Cn1ncc2cc(-c3cc(C(=O)O)no3)ccc21. The number of carboxylic acids is 1. The van der Waals surface area contributed by atoms with Gasteiger partial charge in [0.25, 0.3) is 0 Å². The molecule has 0 amide bonds. The summed E-state index contributed by atoms with van der Waals surface area (Å²) >= 11 is 0. The van der Waals surface area contributed by atoms with Gasteiger partial charge in [0.2, 0.25) is 0 Å². The molecule has 2 heterocycles. The first-order chi connectivity index (χ1) is 8.65. The number of hydrogen-bond acceptors (Lipinski definition) is 4. The van der Waals surface area contributed by atoms with E-state index in [1.165, 1.54) is 6.07 Å². The van der Waals surface area contributed by atoms with Crippen molar-refractivity contribution >= 4 is 16.9 Å². The van der Waals surface area contributed by atoms with Crippen LogP contribution in [-0.2, 0) is 7.05 Å². The van der Waals surface area contributed by atoms with Crippen molar-refractivity contribution in [3.63, 3.8) is 0 Å². The quantitative estimate of drug-likeness (QED) is 0.743. The smallest absolute Gasteiger partial charge is 0.358 e. The minimum Gasteiger partial charge on any atom is -0.476 e. The van der Waals surface area contributed by atoms with Crippen molar-refractivity contribution in [2.45, 2.75) is 0 Å². The van der Waals surface area contributed by atoms with Crippen molar-refractivity contribution in [1.29, 1.82) is 0 Å². The van der Waals surface area contributed by atoms with Gasteiger partial charge in [-0.25, -0.2) is 4.79 Å². The molecule has 0 saturated carbocycles. The molecule has 0 aliphatic heterocycles. The van der Waals surface area contributed by atoms with Gasteiger partial charge in [0.15, 0.2) is 11.5 Å². The summed E-state index contributed by atoms with van der Waals surface area (Å²) in [5.74, 6) is -0.675. The minimum absolute atomic E-state index is 0.101. The van der Waals surface area contributed by atoms with E-state index in [2.05, 4.69) is 10.3 Å². The maximum atomic E-state index is 10.7. The summed E-state index contributed by atoms with van der Waals surface area (Å²) in [5.41, 5.74) is 1.67. The first-order valence-electron chi connectivity index (χ1n) is 5.27. The maximum absolute atomic E-state index is 10.7. The fourth-order valence-corrected chi connectivity index (χ4v) is 1.83. The van der Waals surface area contributed by atoms with Crippen LogP contribution in [0.1, 0.15) is 10.5 Å². The Bertz CT molecular complexity index is 742. The first kappa shape index (κ1) is 10.5. The van der Waals surface area contributed by atoms with Crippen LogP contribution in [0.3, 0.4) is 0 Å². The van der Waals surface area contributed by atoms with Gasteiger partial charge in [-0.2, -0.15) is 5.10 Å². The summed E-state index contributed by atoms with van der Waals surface area (Å²) in [6, 6.07) is 7.03. The number of benzene rings is 1. The molecule has 0 saturated heterocycles. The Morgan fingerprint density at radius 3 is 2.94 bits per heavy atom. The molecular formula is C12H9N3O3. The molecule has 6 nitrogen and oxygen atoms in total. The number of aromatic carboxylic acids is 1. The fraction of sp³-hybridized carbons (Fsp3) is 0.0833. The largest absolute Gasteiger partial charge is 0.476 e. The second-order valence-electron chi connectivity index (χ2n) is 3.92. The van der Waals surface area contributed by atoms with E-state index < -0.39 is 5.97 Å². The average Bonchev–Trinajstić information content (AvgIpc) is 2.96. The molecule has 0 atom stereocenters. The van der Waals surface area contributed by atoms with Gasteiger partial charge in [0.05, 0.1) is 11.7 Å². The molecule has 0 radical (unpaired) electrons. The number of nitrogens with zero attached hydrogens (tertiary/aromatic N) is 3. The number of fused-ring (bicyclic) bond motifs is 1. The van der Waals surface area contributed by atoms with Crippen LogP contribution >= 0.6 is 0 Å². The molecule has 90 valence electrons. The standard InChI is InChI=1S/C12H9N3O3/c1-15-10-3-2-7(4-8(10)6-13-15)11-5-9(12(16)17)14-18-11/h2-6H,1H3,(H,16,17). The van der Waals surface area contributed by atoms with Crippen LogP contribution in [0.5, 0.6) is 0 Å². The van der Waals surface area contributed by atoms with E-state index in [4.69, 9.17) is 9.63 Å². The van der Waals surface area contributed by atoms with Gasteiger partial charge in [-0.05, 0) is 18.2 Å². The van der Waals surface area contributed by atoms with E-state index in [9.17, 15) is 4.79 Å². The average molecular weight is 243 g/mol. The van der Waals surface area contributed by atoms with Crippen molar-refractivity contribution in [2.24, 2.45) is 7.05 Å². The van der Waals surface area contributed by atoms with Crippen LogP contribution in [0.25, 0.3) is 22.2 Å². The van der Waals surface area contributed by atoms with E-state index in [0.717, 1.165) is 16.5 Å². The molecule has 0 unspecified atom stereocenters. The number of rotatable bonds is 2. The second-order valence-corrected chi connectivity index (χ2v) is 3.92. The summed E-state index contributed by atoms with van der Waals surface area (Å²) in [5, 5.41) is 17.4. The zero-order valence-corrected chi connectivity index (χ0v) is 9.49. The second kappa shape index (κ2) is 3.69. The van der Waals surface area contributed by atoms with Crippen LogP contribution in [0, 0.1) is 0 Å². The van der Waals surface area contributed by atoms with Crippen LogP contribution < -0.4 is 0 Å². The molecule has 0 bridgehead atoms. The lowest BCUT2D eigenvalue weighted by Crippen LogP contribution is -1.94. The Morgan fingerprint density at radius 2 is 2.22 bits per heavy atom. The zero-order valence-electron chi connectivity index (χ0n) is 9.49.